The van der Waals surface area contributed by atoms with Crippen LogP contribution in [0.25, 0.3) is 0 Å². The van der Waals surface area contributed by atoms with Gasteiger partial charge in [0.25, 0.3) is 0 Å². The second-order valence-corrected chi connectivity index (χ2v) is 6.08. The van der Waals surface area contributed by atoms with Crippen LogP contribution in [0.3, 0.4) is 0 Å². The molecule has 1 nitrogen and oxygen atoms in total. The van der Waals surface area contributed by atoms with Gasteiger partial charge in [-0.05, 0) is 49.3 Å². The van der Waals surface area contributed by atoms with Gasteiger partial charge in [0, 0.05) is 17.1 Å². The average Bonchev–Trinajstić information content (AvgIpc) is 3.09. The molecular weight excluding hydrogens is 230 g/mol. The molecule has 0 amide bonds. The first-order valence-corrected chi connectivity index (χ1v) is 7.13. The number of hydrogen-bond donors (Lipinski definition) is 1. The van der Waals surface area contributed by atoms with Gasteiger partial charge in [-0.2, -0.15) is 0 Å². The minimum absolute atomic E-state index is 0.415. The van der Waals surface area contributed by atoms with Crippen molar-refractivity contribution in [3.63, 3.8) is 0 Å². The van der Waals surface area contributed by atoms with E-state index >= 15 is 0 Å². The number of halogens is 1. The summed E-state index contributed by atoms with van der Waals surface area (Å²) in [7, 11) is 0. The first kappa shape index (κ1) is 11.6. The van der Waals surface area contributed by atoms with Crippen molar-refractivity contribution >= 4 is 11.6 Å². The molecule has 0 aliphatic heterocycles. The molecule has 2 saturated carbocycles. The van der Waals surface area contributed by atoms with Gasteiger partial charge in [-0.25, -0.2) is 0 Å². The van der Waals surface area contributed by atoms with Crippen molar-refractivity contribution in [2.75, 3.05) is 0 Å². The number of fused-ring (bicyclic) bond motifs is 1. The lowest BCUT2D eigenvalue weighted by Crippen LogP contribution is -2.35. The van der Waals surface area contributed by atoms with E-state index in [-0.39, 0.29) is 0 Å². The molecule has 2 fully saturated rings. The largest absolute Gasteiger partial charge is 0.307 e. The second-order valence-electron chi connectivity index (χ2n) is 5.64. The third-order valence-electron chi connectivity index (χ3n) is 4.40. The Morgan fingerprint density at radius 2 is 2.24 bits per heavy atom. The van der Waals surface area contributed by atoms with Crippen molar-refractivity contribution in [3.05, 3.63) is 34.9 Å². The van der Waals surface area contributed by atoms with Crippen molar-refractivity contribution in [2.24, 2.45) is 11.8 Å². The highest BCUT2D eigenvalue weighted by Crippen LogP contribution is 2.49. The van der Waals surface area contributed by atoms with Gasteiger partial charge >= 0.3 is 0 Å². The normalized spacial score (nSPS) is 32.9. The Kier molecular flexibility index (Phi) is 3.14. The third-order valence-corrected chi connectivity index (χ3v) is 4.63. The van der Waals surface area contributed by atoms with E-state index in [2.05, 4.69) is 24.4 Å². The highest BCUT2D eigenvalue weighted by Gasteiger charge is 2.45. The summed E-state index contributed by atoms with van der Waals surface area (Å²) in [6.45, 7) is 2.25. The van der Waals surface area contributed by atoms with Crippen LogP contribution >= 0.6 is 11.6 Å². The van der Waals surface area contributed by atoms with Crippen LogP contribution in [-0.2, 0) is 0 Å². The van der Waals surface area contributed by atoms with E-state index in [9.17, 15) is 0 Å². The lowest BCUT2D eigenvalue weighted by molar-refractivity contribution is 0.329. The van der Waals surface area contributed by atoms with Gasteiger partial charge in [0.1, 0.15) is 0 Å². The van der Waals surface area contributed by atoms with Crippen LogP contribution in [-0.4, -0.2) is 6.04 Å². The number of benzene rings is 1. The van der Waals surface area contributed by atoms with Gasteiger partial charge in [0.15, 0.2) is 0 Å². The highest BCUT2D eigenvalue weighted by molar-refractivity contribution is 6.30. The summed E-state index contributed by atoms with van der Waals surface area (Å²) in [5, 5.41) is 4.63. The number of hydrogen-bond acceptors (Lipinski definition) is 1. The lowest BCUT2D eigenvalue weighted by Gasteiger charge is -2.27. The van der Waals surface area contributed by atoms with Crippen LogP contribution in [0.2, 0.25) is 5.02 Å². The van der Waals surface area contributed by atoms with Crippen LogP contribution in [0, 0.1) is 11.8 Å². The minimum atomic E-state index is 0.415. The Labute approximate surface area is 109 Å². The molecule has 1 aromatic rings. The molecule has 0 heterocycles. The number of rotatable bonds is 3. The molecule has 3 rings (SSSR count). The summed E-state index contributed by atoms with van der Waals surface area (Å²) >= 11 is 6.04. The Morgan fingerprint density at radius 1 is 1.35 bits per heavy atom. The van der Waals surface area contributed by atoms with Gasteiger partial charge in [-0.3, -0.25) is 0 Å². The molecule has 2 aliphatic carbocycles. The molecule has 1 aromatic carbocycles. The summed E-state index contributed by atoms with van der Waals surface area (Å²) < 4.78 is 0. The van der Waals surface area contributed by atoms with Crippen molar-refractivity contribution in [2.45, 2.75) is 44.7 Å². The van der Waals surface area contributed by atoms with E-state index in [1.165, 1.54) is 31.2 Å². The minimum Gasteiger partial charge on any atom is -0.307 e. The highest BCUT2D eigenvalue weighted by atomic mass is 35.5. The van der Waals surface area contributed by atoms with Crippen molar-refractivity contribution in [1.29, 1.82) is 0 Å². The van der Waals surface area contributed by atoms with Crippen molar-refractivity contribution in [1.82, 2.24) is 5.32 Å². The van der Waals surface area contributed by atoms with Gasteiger partial charge < -0.3 is 5.32 Å². The summed E-state index contributed by atoms with van der Waals surface area (Å²) in [4.78, 5) is 0. The fourth-order valence-electron chi connectivity index (χ4n) is 3.31. The quantitative estimate of drug-likeness (QED) is 0.848. The zero-order chi connectivity index (χ0) is 11.8. The molecule has 0 spiro atoms. The summed E-state index contributed by atoms with van der Waals surface area (Å²) in [5.74, 6) is 2.00. The standard InChI is InChI=1S/C15H20ClN/c1-10(11-4-2-6-13(16)8-11)17-15-7-3-5-12-9-14(12)15/h2,4,6,8,10,12,14-15,17H,3,5,7,9H2,1H3/t10?,12-,14+,15?/m0/s1. The molecule has 0 aromatic heterocycles. The van der Waals surface area contributed by atoms with Crippen molar-refractivity contribution in [3.8, 4) is 0 Å². The van der Waals surface area contributed by atoms with E-state index in [1.54, 1.807) is 0 Å². The molecule has 4 atom stereocenters. The topological polar surface area (TPSA) is 12.0 Å². The second kappa shape index (κ2) is 4.62. The fourth-order valence-corrected chi connectivity index (χ4v) is 3.51. The molecular formula is C15H20ClN. The van der Waals surface area contributed by atoms with E-state index in [1.807, 2.05) is 12.1 Å². The molecule has 1 N–H and O–H groups in total. The van der Waals surface area contributed by atoms with Crippen LogP contribution in [0.5, 0.6) is 0 Å². The monoisotopic (exact) mass is 249 g/mol. The predicted octanol–water partition coefficient (Wildman–Crippen LogP) is 4.18. The Morgan fingerprint density at radius 3 is 3.06 bits per heavy atom. The van der Waals surface area contributed by atoms with Gasteiger partial charge in [-0.15, -0.1) is 0 Å². The van der Waals surface area contributed by atoms with E-state index in [0.717, 1.165) is 22.9 Å². The van der Waals surface area contributed by atoms with E-state index in [0.29, 0.717) is 6.04 Å². The van der Waals surface area contributed by atoms with Gasteiger partial charge in [-0.1, -0.05) is 36.6 Å². The SMILES string of the molecule is CC(NC1CCC[C@H]2C[C@@H]12)c1cccc(Cl)c1. The van der Waals surface area contributed by atoms with E-state index in [4.69, 9.17) is 11.6 Å². The zero-order valence-corrected chi connectivity index (χ0v) is 11.1. The molecule has 2 aliphatic rings. The molecule has 0 saturated heterocycles. The molecule has 17 heavy (non-hydrogen) atoms. The fraction of sp³-hybridized carbons (Fsp3) is 0.600. The smallest absolute Gasteiger partial charge is 0.0409 e. The summed E-state index contributed by atoms with van der Waals surface area (Å²) in [6.07, 6.45) is 5.68. The Hall–Kier alpha value is -0.530. The van der Waals surface area contributed by atoms with Crippen LogP contribution in [0.4, 0.5) is 0 Å². The maximum absolute atomic E-state index is 6.04. The summed E-state index contributed by atoms with van der Waals surface area (Å²) in [6, 6.07) is 9.37. The molecule has 2 heteroatoms. The first-order chi connectivity index (χ1) is 8.24. The van der Waals surface area contributed by atoms with Crippen LogP contribution in [0.15, 0.2) is 24.3 Å². The predicted molar refractivity (Wildman–Crippen MR) is 72.2 cm³/mol. The van der Waals surface area contributed by atoms with Crippen LogP contribution in [0.1, 0.15) is 44.2 Å². The first-order valence-electron chi connectivity index (χ1n) is 6.75. The van der Waals surface area contributed by atoms with Gasteiger partial charge in [0.2, 0.25) is 0 Å². The molecule has 0 radical (unpaired) electrons. The molecule has 0 bridgehead atoms. The zero-order valence-electron chi connectivity index (χ0n) is 10.3. The summed E-state index contributed by atoms with van der Waals surface area (Å²) in [5.41, 5.74) is 1.31. The average molecular weight is 250 g/mol. The van der Waals surface area contributed by atoms with Crippen molar-refractivity contribution < 1.29 is 0 Å². The third kappa shape index (κ3) is 2.51. The maximum Gasteiger partial charge on any atom is 0.0409 e. The van der Waals surface area contributed by atoms with Gasteiger partial charge in [0.05, 0.1) is 0 Å². The maximum atomic E-state index is 6.04. The Balaban J connectivity index is 1.64. The molecule has 92 valence electrons. The van der Waals surface area contributed by atoms with E-state index < -0.39 is 0 Å². The number of nitrogens with one attached hydrogen (secondary N) is 1. The lowest BCUT2D eigenvalue weighted by atomic mass is 9.94. The Bertz CT molecular complexity index is 404. The molecule has 2 unspecified atom stereocenters. The van der Waals surface area contributed by atoms with Crippen LogP contribution < -0.4 is 5.32 Å².